The van der Waals surface area contributed by atoms with Crippen molar-refractivity contribution < 1.29 is 4.79 Å². The summed E-state index contributed by atoms with van der Waals surface area (Å²) in [5, 5.41) is 6.22. The number of amides is 1. The van der Waals surface area contributed by atoms with Crippen LogP contribution in [0.3, 0.4) is 0 Å². The van der Waals surface area contributed by atoms with Gasteiger partial charge in [0.25, 0.3) is 0 Å². The molecule has 0 aromatic carbocycles. The molecule has 0 aliphatic carbocycles. The summed E-state index contributed by atoms with van der Waals surface area (Å²) in [5.74, 6) is 0.899. The predicted molar refractivity (Wildman–Crippen MR) is 85.5 cm³/mol. The number of nitrogens with one attached hydrogen (secondary N) is 1. The van der Waals surface area contributed by atoms with Gasteiger partial charge in [-0.3, -0.25) is 4.79 Å². The Bertz CT molecular complexity index is 641. The summed E-state index contributed by atoms with van der Waals surface area (Å²) in [6.45, 7) is 4.90. The van der Waals surface area contributed by atoms with E-state index < -0.39 is 0 Å². The molecule has 1 aliphatic heterocycles. The predicted octanol–water partition coefficient (Wildman–Crippen LogP) is 2.89. The molecular formula is C15H20N4OS. The van der Waals surface area contributed by atoms with Gasteiger partial charge < -0.3 is 10.2 Å². The van der Waals surface area contributed by atoms with E-state index in [9.17, 15) is 4.79 Å². The van der Waals surface area contributed by atoms with Gasteiger partial charge in [0, 0.05) is 12.6 Å². The summed E-state index contributed by atoms with van der Waals surface area (Å²) in [6, 6.07) is 2.05. The van der Waals surface area contributed by atoms with Crippen LogP contribution in [0.4, 0.5) is 5.82 Å². The summed E-state index contributed by atoms with van der Waals surface area (Å²) in [4.78, 5) is 24.1. The fourth-order valence-electron chi connectivity index (χ4n) is 2.85. The number of nitrogens with zero attached hydrogens (tertiary/aromatic N) is 3. The molecule has 2 atom stereocenters. The molecule has 2 unspecified atom stereocenters. The standard InChI is InChI=1S/C15H20N4OS/c1-10-5-3-4-7-19(10)15(20)11(2)18-13-12-6-8-21-14(12)17-9-16-13/h6,8-11H,3-5,7H2,1-2H3,(H,16,17,18). The lowest BCUT2D eigenvalue weighted by molar-refractivity contribution is -0.134. The minimum atomic E-state index is -0.274. The molecular weight excluding hydrogens is 284 g/mol. The van der Waals surface area contributed by atoms with Crippen molar-refractivity contribution in [3.8, 4) is 0 Å². The molecule has 1 fully saturated rings. The average Bonchev–Trinajstić information content (AvgIpc) is 2.96. The van der Waals surface area contributed by atoms with Gasteiger partial charge in [-0.15, -0.1) is 11.3 Å². The van der Waals surface area contributed by atoms with E-state index in [2.05, 4.69) is 22.2 Å². The second kappa shape index (κ2) is 5.97. The molecule has 112 valence electrons. The van der Waals surface area contributed by atoms with Gasteiger partial charge in [0.2, 0.25) is 5.91 Å². The molecule has 0 radical (unpaired) electrons. The van der Waals surface area contributed by atoms with Crippen LogP contribution in [0.2, 0.25) is 0 Å². The van der Waals surface area contributed by atoms with Crippen LogP contribution in [0.1, 0.15) is 33.1 Å². The summed E-state index contributed by atoms with van der Waals surface area (Å²) in [5.41, 5.74) is 0. The van der Waals surface area contributed by atoms with Crippen molar-refractivity contribution in [1.82, 2.24) is 14.9 Å². The van der Waals surface area contributed by atoms with Crippen molar-refractivity contribution in [1.29, 1.82) is 0 Å². The molecule has 5 nitrogen and oxygen atoms in total. The van der Waals surface area contributed by atoms with Crippen molar-refractivity contribution >= 4 is 33.3 Å². The molecule has 0 saturated carbocycles. The lowest BCUT2D eigenvalue weighted by atomic mass is 10.0. The summed E-state index contributed by atoms with van der Waals surface area (Å²) >= 11 is 1.58. The molecule has 21 heavy (non-hydrogen) atoms. The number of piperidine rings is 1. The number of hydrogen-bond donors (Lipinski definition) is 1. The Hall–Kier alpha value is -1.69. The van der Waals surface area contributed by atoms with E-state index in [4.69, 9.17) is 0 Å². The van der Waals surface area contributed by atoms with E-state index in [-0.39, 0.29) is 11.9 Å². The second-order valence-electron chi connectivity index (χ2n) is 5.60. The van der Waals surface area contributed by atoms with Gasteiger partial charge in [-0.1, -0.05) is 0 Å². The Morgan fingerprint density at radius 3 is 3.14 bits per heavy atom. The van der Waals surface area contributed by atoms with Crippen molar-refractivity contribution in [2.24, 2.45) is 0 Å². The summed E-state index contributed by atoms with van der Waals surface area (Å²) < 4.78 is 0. The molecule has 2 aromatic rings. The molecule has 3 rings (SSSR count). The maximum Gasteiger partial charge on any atom is 0.245 e. The number of rotatable bonds is 3. The number of likely N-dealkylation sites (tertiary alicyclic amines) is 1. The van der Waals surface area contributed by atoms with Gasteiger partial charge in [-0.05, 0) is 44.6 Å². The fourth-order valence-corrected chi connectivity index (χ4v) is 3.58. The van der Waals surface area contributed by atoms with Crippen LogP contribution in [0.25, 0.3) is 10.2 Å². The van der Waals surface area contributed by atoms with Gasteiger partial charge in [0.05, 0.1) is 5.39 Å². The molecule has 6 heteroatoms. The van der Waals surface area contributed by atoms with Crippen molar-refractivity contribution in [2.75, 3.05) is 11.9 Å². The third kappa shape index (κ3) is 2.85. The summed E-state index contributed by atoms with van der Waals surface area (Å²) in [7, 11) is 0. The Kier molecular flexibility index (Phi) is 4.05. The number of thiophene rings is 1. The SMILES string of the molecule is CC(Nc1ncnc2sccc12)C(=O)N1CCCCC1C. The van der Waals surface area contributed by atoms with E-state index in [0.29, 0.717) is 6.04 Å². The van der Waals surface area contributed by atoms with E-state index in [1.54, 1.807) is 17.7 Å². The van der Waals surface area contributed by atoms with Crippen LogP contribution in [-0.2, 0) is 4.79 Å². The molecule has 2 aromatic heterocycles. The number of anilines is 1. The first-order valence-corrected chi connectivity index (χ1v) is 8.30. The van der Waals surface area contributed by atoms with Gasteiger partial charge in [0.15, 0.2) is 0 Å². The van der Waals surface area contributed by atoms with Gasteiger partial charge in [0.1, 0.15) is 23.0 Å². The van der Waals surface area contributed by atoms with E-state index in [1.807, 2.05) is 23.3 Å². The number of carbonyl (C=O) groups excluding carboxylic acids is 1. The molecule has 0 bridgehead atoms. The highest BCUT2D eigenvalue weighted by molar-refractivity contribution is 7.16. The van der Waals surface area contributed by atoms with Crippen LogP contribution in [-0.4, -0.2) is 39.4 Å². The molecule has 1 amide bonds. The monoisotopic (exact) mass is 304 g/mol. The summed E-state index contributed by atoms with van der Waals surface area (Å²) in [6.07, 6.45) is 4.96. The zero-order chi connectivity index (χ0) is 14.8. The highest BCUT2D eigenvalue weighted by Crippen LogP contribution is 2.25. The van der Waals surface area contributed by atoms with Crippen LogP contribution >= 0.6 is 11.3 Å². The van der Waals surface area contributed by atoms with Crippen molar-refractivity contribution in [2.45, 2.75) is 45.2 Å². The number of carbonyl (C=O) groups is 1. The minimum Gasteiger partial charge on any atom is -0.358 e. The maximum atomic E-state index is 12.6. The van der Waals surface area contributed by atoms with Gasteiger partial charge >= 0.3 is 0 Å². The molecule has 1 N–H and O–H groups in total. The van der Waals surface area contributed by atoms with E-state index in [0.717, 1.165) is 35.4 Å². The Morgan fingerprint density at radius 2 is 2.33 bits per heavy atom. The number of fused-ring (bicyclic) bond motifs is 1. The third-order valence-corrected chi connectivity index (χ3v) is 4.89. The zero-order valence-electron chi connectivity index (χ0n) is 12.4. The topological polar surface area (TPSA) is 58.1 Å². The molecule has 0 spiro atoms. The van der Waals surface area contributed by atoms with Crippen LogP contribution < -0.4 is 5.32 Å². The smallest absolute Gasteiger partial charge is 0.245 e. The van der Waals surface area contributed by atoms with Gasteiger partial charge in [-0.2, -0.15) is 0 Å². The third-order valence-electron chi connectivity index (χ3n) is 4.07. The molecule has 1 aliphatic rings. The highest BCUT2D eigenvalue weighted by Gasteiger charge is 2.27. The fraction of sp³-hybridized carbons (Fsp3) is 0.533. The highest BCUT2D eigenvalue weighted by atomic mass is 32.1. The van der Waals surface area contributed by atoms with E-state index in [1.165, 1.54) is 6.42 Å². The van der Waals surface area contributed by atoms with Gasteiger partial charge in [-0.25, -0.2) is 9.97 Å². The number of aromatic nitrogens is 2. The molecule has 1 saturated heterocycles. The van der Waals surface area contributed by atoms with Crippen LogP contribution in [0.5, 0.6) is 0 Å². The second-order valence-corrected chi connectivity index (χ2v) is 6.50. The first kappa shape index (κ1) is 14.3. The zero-order valence-corrected chi connectivity index (χ0v) is 13.2. The Balaban J connectivity index is 1.75. The average molecular weight is 304 g/mol. The number of hydrogen-bond acceptors (Lipinski definition) is 5. The maximum absolute atomic E-state index is 12.6. The minimum absolute atomic E-state index is 0.157. The molecule has 3 heterocycles. The normalized spacial score (nSPS) is 20.5. The largest absolute Gasteiger partial charge is 0.358 e. The Labute approximate surface area is 128 Å². The Morgan fingerprint density at radius 1 is 1.48 bits per heavy atom. The lowest BCUT2D eigenvalue weighted by Gasteiger charge is -2.35. The first-order valence-electron chi connectivity index (χ1n) is 7.42. The van der Waals surface area contributed by atoms with Crippen LogP contribution in [0, 0.1) is 0 Å². The first-order chi connectivity index (χ1) is 10.2. The van der Waals surface area contributed by atoms with E-state index >= 15 is 0 Å². The van der Waals surface area contributed by atoms with Crippen molar-refractivity contribution in [3.05, 3.63) is 17.8 Å². The van der Waals surface area contributed by atoms with Crippen LogP contribution in [0.15, 0.2) is 17.8 Å². The lowest BCUT2D eigenvalue weighted by Crippen LogP contribution is -2.48. The quantitative estimate of drug-likeness (QED) is 0.947. The van der Waals surface area contributed by atoms with Crippen molar-refractivity contribution in [3.63, 3.8) is 0 Å².